The van der Waals surface area contributed by atoms with E-state index >= 15 is 0 Å². The van der Waals surface area contributed by atoms with E-state index in [2.05, 4.69) is 6.58 Å². The topological polar surface area (TPSA) is 24.8 Å². The number of halogens is 1. The average Bonchev–Trinajstić information content (AvgIpc) is 2.81. The van der Waals surface area contributed by atoms with Crippen LogP contribution in [0.5, 0.6) is 0 Å². The number of rotatable bonds is 2. The van der Waals surface area contributed by atoms with Crippen LogP contribution in [-0.2, 0) is 4.79 Å². The number of hydrogen-bond acceptors (Lipinski definition) is 1. The normalized spacial score (nSPS) is 22.3. The highest BCUT2D eigenvalue weighted by Gasteiger charge is 2.30. The Kier molecular flexibility index (Phi) is 5.47. The van der Waals surface area contributed by atoms with Gasteiger partial charge in [0.2, 0.25) is 5.91 Å². The lowest BCUT2D eigenvalue weighted by molar-refractivity contribution is -0.928. The zero-order valence-corrected chi connectivity index (χ0v) is 11.4. The van der Waals surface area contributed by atoms with Gasteiger partial charge in [-0.3, -0.25) is 4.79 Å². The van der Waals surface area contributed by atoms with E-state index in [1.54, 1.807) is 11.8 Å². The lowest BCUT2D eigenvalue weighted by Crippen LogP contribution is -3.18. The van der Waals surface area contributed by atoms with E-state index in [0.29, 0.717) is 5.57 Å². The predicted molar refractivity (Wildman–Crippen MR) is 64.3 cm³/mol. The maximum Gasteiger partial charge on any atom is 0.249 e. The standard InChI is InChI=1S/C13H22N2O.ClH/c1-11(2)13(16)15-9-7-14(8-10-15)12-5-3-4-6-12;/h12H,1,3-10H2,2H3;1H. The van der Waals surface area contributed by atoms with Gasteiger partial charge in [0.25, 0.3) is 0 Å². The molecule has 0 radical (unpaired) electrons. The third-order valence-corrected chi connectivity index (χ3v) is 3.99. The van der Waals surface area contributed by atoms with Gasteiger partial charge in [0, 0.05) is 5.57 Å². The van der Waals surface area contributed by atoms with Crippen LogP contribution >= 0.6 is 0 Å². The summed E-state index contributed by atoms with van der Waals surface area (Å²) in [6.45, 7) is 9.62. The van der Waals surface area contributed by atoms with Crippen molar-refractivity contribution in [3.05, 3.63) is 12.2 Å². The minimum absolute atomic E-state index is 0. The average molecular weight is 259 g/mol. The molecule has 1 saturated heterocycles. The number of carbonyl (C=O) groups excluding carboxylic acids is 1. The number of hydrogen-bond donors (Lipinski definition) is 1. The Labute approximate surface area is 110 Å². The first-order valence-electron chi connectivity index (χ1n) is 6.48. The van der Waals surface area contributed by atoms with Crippen molar-refractivity contribution in [3.63, 3.8) is 0 Å². The number of amides is 1. The molecule has 0 aromatic heterocycles. The molecule has 2 aliphatic rings. The summed E-state index contributed by atoms with van der Waals surface area (Å²) >= 11 is 0. The summed E-state index contributed by atoms with van der Waals surface area (Å²) in [5.74, 6) is 0.144. The van der Waals surface area contributed by atoms with Crippen molar-refractivity contribution < 1.29 is 22.1 Å². The molecular formula is C13H23ClN2O. The fraction of sp³-hybridized carbons (Fsp3) is 0.769. The van der Waals surface area contributed by atoms with Gasteiger partial charge in [-0.05, 0) is 32.6 Å². The van der Waals surface area contributed by atoms with Crippen LogP contribution in [0, 0.1) is 0 Å². The largest absolute Gasteiger partial charge is 1.00 e. The van der Waals surface area contributed by atoms with Crippen molar-refractivity contribution in [2.45, 2.75) is 38.6 Å². The number of carbonyl (C=O) groups is 1. The van der Waals surface area contributed by atoms with E-state index in [1.807, 2.05) is 4.90 Å². The highest BCUT2D eigenvalue weighted by Crippen LogP contribution is 2.15. The molecule has 1 aliphatic carbocycles. The Hall–Kier alpha value is -0.540. The summed E-state index contributed by atoms with van der Waals surface area (Å²) < 4.78 is 0. The first-order chi connectivity index (χ1) is 7.68. The monoisotopic (exact) mass is 258 g/mol. The molecule has 1 saturated carbocycles. The maximum atomic E-state index is 11.7. The molecule has 3 nitrogen and oxygen atoms in total. The second-order valence-corrected chi connectivity index (χ2v) is 5.21. The zero-order chi connectivity index (χ0) is 11.5. The van der Waals surface area contributed by atoms with Crippen LogP contribution in [0.15, 0.2) is 12.2 Å². The van der Waals surface area contributed by atoms with Gasteiger partial charge in [-0.1, -0.05) is 6.58 Å². The van der Waals surface area contributed by atoms with Crippen molar-refractivity contribution in [1.82, 2.24) is 4.90 Å². The number of nitrogens with one attached hydrogen (secondary N) is 1. The summed E-state index contributed by atoms with van der Waals surface area (Å²) in [4.78, 5) is 15.4. The highest BCUT2D eigenvalue weighted by atomic mass is 35.5. The molecule has 0 spiro atoms. The van der Waals surface area contributed by atoms with E-state index in [1.165, 1.54) is 25.7 Å². The molecule has 1 amide bonds. The van der Waals surface area contributed by atoms with E-state index < -0.39 is 0 Å². The number of quaternary nitrogens is 1. The molecule has 2 rings (SSSR count). The van der Waals surface area contributed by atoms with Gasteiger partial charge in [-0.25, -0.2) is 0 Å². The van der Waals surface area contributed by atoms with Crippen LogP contribution in [0.3, 0.4) is 0 Å². The lowest BCUT2D eigenvalue weighted by atomic mass is 10.1. The third kappa shape index (κ3) is 3.46. The third-order valence-electron chi connectivity index (χ3n) is 3.99. The first kappa shape index (κ1) is 14.5. The van der Waals surface area contributed by atoms with Gasteiger partial charge in [-0.2, -0.15) is 0 Å². The van der Waals surface area contributed by atoms with Gasteiger partial charge in [0.1, 0.15) is 0 Å². The Balaban J connectivity index is 0.00000144. The molecular weight excluding hydrogens is 236 g/mol. The predicted octanol–water partition coefficient (Wildman–Crippen LogP) is -2.76. The fourth-order valence-corrected chi connectivity index (χ4v) is 3.01. The molecule has 17 heavy (non-hydrogen) atoms. The van der Waals surface area contributed by atoms with Crippen LogP contribution in [-0.4, -0.2) is 43.0 Å². The van der Waals surface area contributed by atoms with Gasteiger partial charge in [0.15, 0.2) is 0 Å². The Bertz CT molecular complexity index is 279. The summed E-state index contributed by atoms with van der Waals surface area (Å²) in [7, 11) is 0. The quantitative estimate of drug-likeness (QED) is 0.534. The molecule has 4 heteroatoms. The molecule has 1 aliphatic heterocycles. The van der Waals surface area contributed by atoms with Crippen LogP contribution in [0.2, 0.25) is 0 Å². The molecule has 0 unspecified atom stereocenters. The molecule has 98 valence electrons. The molecule has 2 fully saturated rings. The van der Waals surface area contributed by atoms with E-state index in [4.69, 9.17) is 0 Å². The summed E-state index contributed by atoms with van der Waals surface area (Å²) in [6.07, 6.45) is 5.60. The summed E-state index contributed by atoms with van der Waals surface area (Å²) in [6, 6.07) is 0.877. The molecule has 0 aromatic rings. The summed E-state index contributed by atoms with van der Waals surface area (Å²) in [5.41, 5.74) is 0.671. The van der Waals surface area contributed by atoms with E-state index in [-0.39, 0.29) is 18.3 Å². The molecule has 1 N–H and O–H groups in total. The van der Waals surface area contributed by atoms with E-state index in [0.717, 1.165) is 32.2 Å². The van der Waals surface area contributed by atoms with Gasteiger partial charge < -0.3 is 22.2 Å². The Morgan fingerprint density at radius 2 is 1.76 bits per heavy atom. The highest BCUT2D eigenvalue weighted by molar-refractivity contribution is 5.92. The fourth-order valence-electron chi connectivity index (χ4n) is 3.01. The van der Waals surface area contributed by atoms with Crippen molar-refractivity contribution in [2.24, 2.45) is 0 Å². The van der Waals surface area contributed by atoms with Crippen LogP contribution < -0.4 is 17.3 Å². The Morgan fingerprint density at radius 3 is 2.24 bits per heavy atom. The van der Waals surface area contributed by atoms with Crippen molar-refractivity contribution >= 4 is 5.91 Å². The van der Waals surface area contributed by atoms with Gasteiger partial charge in [-0.15, -0.1) is 0 Å². The maximum absolute atomic E-state index is 11.7. The van der Waals surface area contributed by atoms with Crippen molar-refractivity contribution in [3.8, 4) is 0 Å². The lowest BCUT2D eigenvalue weighted by Gasteiger charge is -2.35. The minimum Gasteiger partial charge on any atom is -1.00 e. The molecule has 0 aromatic carbocycles. The molecule has 0 atom stereocenters. The van der Waals surface area contributed by atoms with Crippen molar-refractivity contribution in [1.29, 1.82) is 0 Å². The number of piperazine rings is 1. The van der Waals surface area contributed by atoms with Crippen LogP contribution in [0.25, 0.3) is 0 Å². The van der Waals surface area contributed by atoms with E-state index in [9.17, 15) is 4.79 Å². The second kappa shape index (κ2) is 6.41. The van der Waals surface area contributed by atoms with Crippen LogP contribution in [0.4, 0.5) is 0 Å². The van der Waals surface area contributed by atoms with Crippen LogP contribution in [0.1, 0.15) is 32.6 Å². The SMILES string of the molecule is C=C(C)C(=O)N1CC[NH+](C2CCCC2)CC1.[Cl-]. The molecule has 1 heterocycles. The minimum atomic E-state index is 0. The van der Waals surface area contributed by atoms with Crippen molar-refractivity contribution in [2.75, 3.05) is 26.2 Å². The smallest absolute Gasteiger partial charge is 0.249 e. The van der Waals surface area contributed by atoms with Gasteiger partial charge >= 0.3 is 0 Å². The molecule has 0 bridgehead atoms. The number of nitrogens with zero attached hydrogens (tertiary/aromatic N) is 1. The zero-order valence-electron chi connectivity index (χ0n) is 10.7. The second-order valence-electron chi connectivity index (χ2n) is 5.21. The summed E-state index contributed by atoms with van der Waals surface area (Å²) in [5, 5.41) is 0. The Morgan fingerprint density at radius 1 is 1.24 bits per heavy atom. The first-order valence-corrected chi connectivity index (χ1v) is 6.48. The van der Waals surface area contributed by atoms with Gasteiger partial charge in [0.05, 0.1) is 32.2 Å².